The fraction of sp³-hybridized carbons (Fsp3) is 0.211. The van der Waals surface area contributed by atoms with Crippen molar-refractivity contribution >= 4 is 74.2 Å². The molecule has 0 saturated heterocycles. The van der Waals surface area contributed by atoms with Crippen LogP contribution < -0.4 is 10.6 Å². The van der Waals surface area contributed by atoms with Gasteiger partial charge in [-0.25, -0.2) is 4.98 Å². The summed E-state index contributed by atoms with van der Waals surface area (Å²) in [6.45, 7) is 5.47. The van der Waals surface area contributed by atoms with Gasteiger partial charge in [0.05, 0.1) is 10.6 Å². The summed E-state index contributed by atoms with van der Waals surface area (Å²) in [5, 5.41) is 6.49. The third kappa shape index (κ3) is 4.77. The smallest absolute Gasteiger partial charge is 0.231 e. The maximum Gasteiger partial charge on any atom is 0.231 e. The number of benzene rings is 2. The maximum atomic E-state index is 12.0. The van der Waals surface area contributed by atoms with E-state index >= 15 is 0 Å². The first-order valence-electron chi connectivity index (χ1n) is 8.12. The minimum Gasteiger partial charge on any atom is -0.436 e. The van der Waals surface area contributed by atoms with Crippen molar-refractivity contribution in [3.8, 4) is 11.5 Å². The van der Waals surface area contributed by atoms with Crippen LogP contribution in [0.3, 0.4) is 0 Å². The predicted molar refractivity (Wildman–Crippen MR) is 121 cm³/mol. The number of nitrogens with zero attached hydrogens (tertiary/aromatic N) is 1. The number of aromatic nitrogens is 1. The van der Waals surface area contributed by atoms with E-state index in [1.807, 2.05) is 45.0 Å². The van der Waals surface area contributed by atoms with Crippen LogP contribution in [0.25, 0.3) is 22.6 Å². The topological polar surface area (TPSA) is 67.2 Å². The zero-order valence-corrected chi connectivity index (χ0v) is 18.6. The highest BCUT2D eigenvalue weighted by Gasteiger charge is 2.22. The molecule has 3 rings (SSSR count). The number of nitrogens with one attached hydrogen (secondary N) is 2. The van der Waals surface area contributed by atoms with Gasteiger partial charge in [-0.1, -0.05) is 32.4 Å². The van der Waals surface area contributed by atoms with E-state index in [9.17, 15) is 4.79 Å². The second kappa shape index (κ2) is 7.73. The summed E-state index contributed by atoms with van der Waals surface area (Å²) in [4.78, 5) is 16.5. The quantitative estimate of drug-likeness (QED) is 0.344. The van der Waals surface area contributed by atoms with Gasteiger partial charge in [-0.05, 0) is 71.2 Å². The Kier molecular flexibility index (Phi) is 5.73. The molecule has 0 unspecified atom stereocenters. The molecule has 0 atom stereocenters. The number of hydrogen-bond donors (Lipinski definition) is 2. The average molecular weight is 514 g/mol. The van der Waals surface area contributed by atoms with Gasteiger partial charge in [0.1, 0.15) is 5.52 Å². The van der Waals surface area contributed by atoms with Gasteiger partial charge in [-0.3, -0.25) is 4.79 Å². The average Bonchev–Trinajstić information content (AvgIpc) is 2.99. The Hall–Kier alpha value is -1.71. The Morgan fingerprint density at radius 1 is 1.22 bits per heavy atom. The van der Waals surface area contributed by atoms with Gasteiger partial charge in [0.25, 0.3) is 0 Å². The van der Waals surface area contributed by atoms with E-state index in [1.54, 1.807) is 12.1 Å². The zero-order valence-electron chi connectivity index (χ0n) is 14.9. The molecular weight excluding hydrogens is 497 g/mol. The summed E-state index contributed by atoms with van der Waals surface area (Å²) in [5.41, 5.74) is 2.21. The van der Waals surface area contributed by atoms with E-state index in [-0.39, 0.29) is 11.0 Å². The summed E-state index contributed by atoms with van der Waals surface area (Å²) in [6, 6.07) is 11.1. The van der Waals surface area contributed by atoms with E-state index in [2.05, 4.69) is 38.2 Å². The molecule has 8 heteroatoms. The number of thiocarbonyl (C=S) groups is 1. The van der Waals surface area contributed by atoms with Crippen molar-refractivity contribution in [2.24, 2.45) is 5.41 Å². The number of oxazole rings is 1. The molecule has 27 heavy (non-hydrogen) atoms. The highest BCUT2D eigenvalue weighted by molar-refractivity contribution is 14.1. The first-order chi connectivity index (χ1) is 12.6. The molecular formula is C19H17ClIN3O2S. The van der Waals surface area contributed by atoms with Crippen LogP contribution >= 0.6 is 46.4 Å². The minimum atomic E-state index is -0.525. The number of carbonyl (C=O) groups is 1. The minimum absolute atomic E-state index is 0.155. The lowest BCUT2D eigenvalue weighted by Gasteiger charge is -2.18. The first kappa shape index (κ1) is 20.0. The van der Waals surface area contributed by atoms with Crippen LogP contribution in [-0.4, -0.2) is 16.0 Å². The van der Waals surface area contributed by atoms with Gasteiger partial charge in [0.15, 0.2) is 10.7 Å². The maximum absolute atomic E-state index is 12.0. The molecule has 3 aromatic rings. The van der Waals surface area contributed by atoms with Crippen LogP contribution in [0.4, 0.5) is 5.69 Å². The Morgan fingerprint density at radius 3 is 2.67 bits per heavy atom. The molecule has 0 aliphatic carbocycles. The third-order valence-electron chi connectivity index (χ3n) is 3.71. The Morgan fingerprint density at radius 2 is 1.96 bits per heavy atom. The lowest BCUT2D eigenvalue weighted by molar-refractivity contribution is -0.126. The normalized spacial score (nSPS) is 11.4. The Bertz CT molecular complexity index is 1040. The number of carbonyl (C=O) groups excluding carboxylic acids is 1. The second-order valence-electron chi connectivity index (χ2n) is 6.98. The Balaban J connectivity index is 1.83. The SMILES string of the molecule is CC(C)(C)C(=O)NC(=S)Nc1ccc2oc(-c3cc(I)ccc3Cl)nc2c1. The Labute approximate surface area is 181 Å². The molecule has 5 nitrogen and oxygen atoms in total. The molecule has 0 spiro atoms. The van der Waals surface area contributed by atoms with Crippen molar-refractivity contribution in [1.82, 2.24) is 10.3 Å². The summed E-state index contributed by atoms with van der Waals surface area (Å²) in [5.74, 6) is 0.299. The standard InChI is InChI=1S/C19H17ClIN3O2S/c1-19(2,3)17(25)24-18(27)22-11-5-7-15-14(9-11)23-16(26-15)12-8-10(21)4-6-13(12)20/h4-9H,1-3H3,(H2,22,24,25,27). The number of amides is 1. The van der Waals surface area contributed by atoms with Crippen LogP contribution in [0.15, 0.2) is 40.8 Å². The number of hydrogen-bond acceptors (Lipinski definition) is 4. The van der Waals surface area contributed by atoms with Crippen LogP contribution in [-0.2, 0) is 4.79 Å². The number of anilines is 1. The highest BCUT2D eigenvalue weighted by Crippen LogP contribution is 2.32. The van der Waals surface area contributed by atoms with Crippen LogP contribution in [0.2, 0.25) is 5.02 Å². The molecule has 0 fully saturated rings. The van der Waals surface area contributed by atoms with Crippen molar-refractivity contribution in [2.75, 3.05) is 5.32 Å². The van der Waals surface area contributed by atoms with Crippen molar-refractivity contribution in [3.63, 3.8) is 0 Å². The molecule has 1 aromatic heterocycles. The van der Waals surface area contributed by atoms with Crippen molar-refractivity contribution < 1.29 is 9.21 Å². The summed E-state index contributed by atoms with van der Waals surface area (Å²) in [6.07, 6.45) is 0. The summed E-state index contributed by atoms with van der Waals surface area (Å²) < 4.78 is 6.87. The molecule has 0 aliphatic rings. The summed E-state index contributed by atoms with van der Waals surface area (Å²) >= 11 is 13.7. The lowest BCUT2D eigenvalue weighted by atomic mass is 9.96. The van der Waals surface area contributed by atoms with Gasteiger partial charge in [0.2, 0.25) is 11.8 Å². The van der Waals surface area contributed by atoms with Gasteiger partial charge >= 0.3 is 0 Å². The third-order valence-corrected chi connectivity index (χ3v) is 4.92. The van der Waals surface area contributed by atoms with E-state index in [0.717, 1.165) is 9.13 Å². The molecule has 1 heterocycles. The van der Waals surface area contributed by atoms with Gasteiger partial charge in [-0.2, -0.15) is 0 Å². The van der Waals surface area contributed by atoms with Gasteiger partial charge in [0, 0.05) is 14.7 Å². The fourth-order valence-corrected chi connectivity index (χ4v) is 3.13. The number of rotatable bonds is 2. The molecule has 0 bridgehead atoms. The van der Waals surface area contributed by atoms with Crippen molar-refractivity contribution in [2.45, 2.75) is 20.8 Å². The molecule has 2 N–H and O–H groups in total. The molecule has 0 radical (unpaired) electrons. The monoisotopic (exact) mass is 513 g/mol. The number of fused-ring (bicyclic) bond motifs is 1. The van der Waals surface area contributed by atoms with E-state index < -0.39 is 5.41 Å². The first-order valence-corrected chi connectivity index (χ1v) is 9.98. The van der Waals surface area contributed by atoms with Crippen molar-refractivity contribution in [1.29, 1.82) is 0 Å². The summed E-state index contributed by atoms with van der Waals surface area (Å²) in [7, 11) is 0. The lowest BCUT2D eigenvalue weighted by Crippen LogP contribution is -2.41. The molecule has 2 aromatic carbocycles. The van der Waals surface area contributed by atoms with Crippen LogP contribution in [0.1, 0.15) is 20.8 Å². The van der Waals surface area contributed by atoms with Crippen molar-refractivity contribution in [3.05, 3.63) is 45.0 Å². The van der Waals surface area contributed by atoms with Gasteiger partial charge in [-0.15, -0.1) is 0 Å². The number of halogens is 2. The predicted octanol–water partition coefficient (Wildman–Crippen LogP) is 5.61. The largest absolute Gasteiger partial charge is 0.436 e. The van der Waals surface area contributed by atoms with E-state index in [0.29, 0.717) is 27.7 Å². The zero-order chi connectivity index (χ0) is 19.8. The second-order valence-corrected chi connectivity index (χ2v) is 9.05. The van der Waals surface area contributed by atoms with E-state index in [4.69, 9.17) is 28.2 Å². The molecule has 1 amide bonds. The molecule has 0 saturated carbocycles. The van der Waals surface area contributed by atoms with E-state index in [1.165, 1.54) is 0 Å². The highest BCUT2D eigenvalue weighted by atomic mass is 127. The molecule has 140 valence electrons. The van der Waals surface area contributed by atoms with Gasteiger partial charge < -0.3 is 15.1 Å². The van der Waals surface area contributed by atoms with Crippen LogP contribution in [0, 0.1) is 8.99 Å². The molecule has 0 aliphatic heterocycles. The van der Waals surface area contributed by atoms with Crippen LogP contribution in [0.5, 0.6) is 0 Å². The fourth-order valence-electron chi connectivity index (χ4n) is 2.23.